The Morgan fingerprint density at radius 1 is 1.23 bits per heavy atom. The van der Waals surface area contributed by atoms with E-state index in [-0.39, 0.29) is 5.97 Å². The van der Waals surface area contributed by atoms with Crippen LogP contribution < -0.4 is 0 Å². The number of benzene rings is 1. The monoisotopic (exact) mass is 175 g/mol. The van der Waals surface area contributed by atoms with Crippen LogP contribution in [0.5, 0.6) is 0 Å². The maximum atomic E-state index is 11.0. The van der Waals surface area contributed by atoms with Crippen LogP contribution in [0, 0.1) is 0 Å². The zero-order valence-electron chi connectivity index (χ0n) is 7.06. The average molecular weight is 175 g/mol. The molecule has 3 nitrogen and oxygen atoms in total. The van der Waals surface area contributed by atoms with Crippen LogP contribution in [0.3, 0.4) is 0 Å². The third-order valence-electron chi connectivity index (χ3n) is 1.83. The Labute approximate surface area is 76.1 Å². The summed E-state index contributed by atoms with van der Waals surface area (Å²) in [5, 5.41) is 0. The highest BCUT2D eigenvalue weighted by Gasteiger charge is 2.20. The minimum Gasteiger partial charge on any atom is -0.461 e. The quantitative estimate of drug-likeness (QED) is 0.609. The van der Waals surface area contributed by atoms with Crippen molar-refractivity contribution in [2.45, 2.75) is 6.42 Å². The number of ether oxygens (including phenoxy) is 1. The number of hydrogen-bond acceptors (Lipinski definition) is 3. The zero-order chi connectivity index (χ0) is 9.10. The summed E-state index contributed by atoms with van der Waals surface area (Å²) in [4.78, 5) is 15.2. The largest absolute Gasteiger partial charge is 0.461 e. The summed E-state index contributed by atoms with van der Waals surface area (Å²) in [6.07, 6.45) is 0.619. The van der Waals surface area contributed by atoms with Crippen LogP contribution in [-0.4, -0.2) is 18.3 Å². The van der Waals surface area contributed by atoms with E-state index < -0.39 is 0 Å². The predicted octanol–water partition coefficient (Wildman–Crippen LogP) is 1.71. The fourth-order valence-corrected chi connectivity index (χ4v) is 1.19. The van der Waals surface area contributed by atoms with Gasteiger partial charge in [-0.15, -0.1) is 0 Å². The van der Waals surface area contributed by atoms with E-state index >= 15 is 0 Å². The Morgan fingerprint density at radius 3 is 2.62 bits per heavy atom. The SMILES string of the molecule is O=C1OCCC1=Nc1ccccc1. The van der Waals surface area contributed by atoms with Gasteiger partial charge in [0.25, 0.3) is 0 Å². The molecule has 0 unspecified atom stereocenters. The molecular weight excluding hydrogens is 166 g/mol. The van der Waals surface area contributed by atoms with E-state index in [1.807, 2.05) is 30.3 Å². The van der Waals surface area contributed by atoms with Crippen molar-refractivity contribution in [3.8, 4) is 0 Å². The number of carbonyl (C=O) groups is 1. The van der Waals surface area contributed by atoms with Crippen LogP contribution in [0.15, 0.2) is 35.3 Å². The minimum absolute atomic E-state index is 0.288. The standard InChI is InChI=1S/C10H9NO2/c12-10-9(6-7-13-10)11-8-4-2-1-3-5-8/h1-5H,6-7H2. The van der Waals surface area contributed by atoms with E-state index in [1.54, 1.807) is 0 Å². The van der Waals surface area contributed by atoms with Gasteiger partial charge in [-0.05, 0) is 12.1 Å². The molecule has 0 bridgehead atoms. The minimum atomic E-state index is -0.288. The maximum absolute atomic E-state index is 11.0. The summed E-state index contributed by atoms with van der Waals surface area (Å²) in [6.45, 7) is 0.463. The number of cyclic esters (lactones) is 1. The zero-order valence-corrected chi connectivity index (χ0v) is 7.06. The molecule has 0 aromatic heterocycles. The van der Waals surface area contributed by atoms with Gasteiger partial charge in [0.05, 0.1) is 12.3 Å². The molecule has 0 spiro atoms. The molecule has 1 aromatic carbocycles. The summed E-state index contributed by atoms with van der Waals surface area (Å²) in [7, 11) is 0. The van der Waals surface area contributed by atoms with Gasteiger partial charge in [0.2, 0.25) is 0 Å². The van der Waals surface area contributed by atoms with Gasteiger partial charge in [-0.25, -0.2) is 9.79 Å². The molecule has 0 aliphatic carbocycles. The molecule has 3 heteroatoms. The van der Waals surface area contributed by atoms with Gasteiger partial charge >= 0.3 is 5.97 Å². The Hall–Kier alpha value is -1.64. The third kappa shape index (κ3) is 1.75. The van der Waals surface area contributed by atoms with Crippen molar-refractivity contribution in [1.29, 1.82) is 0 Å². The number of para-hydroxylation sites is 1. The molecule has 1 fully saturated rings. The van der Waals surface area contributed by atoms with Crippen LogP contribution in [0.25, 0.3) is 0 Å². The number of carbonyl (C=O) groups excluding carboxylic acids is 1. The van der Waals surface area contributed by atoms with Gasteiger partial charge in [0.1, 0.15) is 5.71 Å². The van der Waals surface area contributed by atoms with Gasteiger partial charge in [-0.3, -0.25) is 0 Å². The Bertz CT molecular complexity index is 343. The second-order valence-electron chi connectivity index (χ2n) is 2.78. The predicted molar refractivity (Wildman–Crippen MR) is 49.1 cm³/mol. The molecule has 66 valence electrons. The number of hydrogen-bond donors (Lipinski definition) is 0. The number of rotatable bonds is 1. The van der Waals surface area contributed by atoms with Crippen LogP contribution in [-0.2, 0) is 9.53 Å². The number of aliphatic imine (C=N–C) groups is 1. The highest BCUT2D eigenvalue weighted by Crippen LogP contribution is 2.13. The van der Waals surface area contributed by atoms with Crippen molar-refractivity contribution < 1.29 is 9.53 Å². The second kappa shape index (κ2) is 3.39. The normalized spacial score (nSPS) is 19.1. The lowest BCUT2D eigenvalue weighted by atomic mass is 10.3. The topological polar surface area (TPSA) is 38.7 Å². The van der Waals surface area contributed by atoms with Crippen LogP contribution in [0.1, 0.15) is 6.42 Å². The molecule has 0 N–H and O–H groups in total. The highest BCUT2D eigenvalue weighted by atomic mass is 16.5. The summed E-state index contributed by atoms with van der Waals surface area (Å²) in [5.41, 5.74) is 1.32. The van der Waals surface area contributed by atoms with E-state index in [4.69, 9.17) is 4.74 Å². The van der Waals surface area contributed by atoms with E-state index in [1.165, 1.54) is 0 Å². The van der Waals surface area contributed by atoms with E-state index in [0.29, 0.717) is 18.7 Å². The first-order valence-electron chi connectivity index (χ1n) is 4.16. The van der Waals surface area contributed by atoms with Crippen molar-refractivity contribution in [3.05, 3.63) is 30.3 Å². The summed E-state index contributed by atoms with van der Waals surface area (Å²) < 4.78 is 4.77. The van der Waals surface area contributed by atoms with Crippen LogP contribution in [0.2, 0.25) is 0 Å². The molecular formula is C10H9NO2. The Morgan fingerprint density at radius 2 is 2.00 bits per heavy atom. The maximum Gasteiger partial charge on any atom is 0.352 e. The molecule has 0 amide bonds. The first kappa shape index (κ1) is 7.98. The molecule has 1 aromatic rings. The number of nitrogens with zero attached hydrogens (tertiary/aromatic N) is 1. The fraction of sp³-hybridized carbons (Fsp3) is 0.200. The molecule has 0 saturated carbocycles. The Balaban J connectivity index is 2.25. The highest BCUT2D eigenvalue weighted by molar-refractivity contribution is 6.38. The third-order valence-corrected chi connectivity index (χ3v) is 1.83. The van der Waals surface area contributed by atoms with Crippen molar-refractivity contribution >= 4 is 17.4 Å². The summed E-state index contributed by atoms with van der Waals surface area (Å²) >= 11 is 0. The molecule has 1 saturated heterocycles. The molecule has 2 rings (SSSR count). The molecule has 1 heterocycles. The lowest BCUT2D eigenvalue weighted by molar-refractivity contribution is -0.132. The van der Waals surface area contributed by atoms with Gasteiger partial charge in [-0.1, -0.05) is 18.2 Å². The van der Waals surface area contributed by atoms with E-state index in [0.717, 1.165) is 5.69 Å². The summed E-state index contributed by atoms with van der Waals surface area (Å²) in [6, 6.07) is 9.41. The molecule has 0 atom stereocenters. The van der Waals surface area contributed by atoms with Crippen molar-refractivity contribution in [2.24, 2.45) is 4.99 Å². The van der Waals surface area contributed by atoms with Gasteiger partial charge in [0, 0.05) is 6.42 Å². The van der Waals surface area contributed by atoms with Gasteiger partial charge in [-0.2, -0.15) is 0 Å². The van der Waals surface area contributed by atoms with Gasteiger partial charge < -0.3 is 4.74 Å². The van der Waals surface area contributed by atoms with Crippen molar-refractivity contribution in [3.63, 3.8) is 0 Å². The lowest BCUT2D eigenvalue weighted by Gasteiger charge is -1.92. The molecule has 13 heavy (non-hydrogen) atoms. The van der Waals surface area contributed by atoms with E-state index in [9.17, 15) is 4.79 Å². The van der Waals surface area contributed by atoms with Crippen molar-refractivity contribution in [1.82, 2.24) is 0 Å². The van der Waals surface area contributed by atoms with E-state index in [2.05, 4.69) is 4.99 Å². The lowest BCUT2D eigenvalue weighted by Crippen LogP contribution is -2.04. The second-order valence-corrected chi connectivity index (χ2v) is 2.78. The summed E-state index contributed by atoms with van der Waals surface area (Å²) in [5.74, 6) is -0.288. The fourth-order valence-electron chi connectivity index (χ4n) is 1.19. The van der Waals surface area contributed by atoms with Gasteiger partial charge in [0.15, 0.2) is 0 Å². The Kier molecular flexibility index (Phi) is 2.08. The first-order valence-corrected chi connectivity index (χ1v) is 4.16. The first-order chi connectivity index (χ1) is 6.36. The molecule has 1 aliphatic rings. The average Bonchev–Trinajstić information content (AvgIpc) is 2.54. The molecule has 1 aliphatic heterocycles. The number of esters is 1. The smallest absolute Gasteiger partial charge is 0.352 e. The van der Waals surface area contributed by atoms with Crippen LogP contribution in [0.4, 0.5) is 5.69 Å². The van der Waals surface area contributed by atoms with Crippen LogP contribution >= 0.6 is 0 Å². The van der Waals surface area contributed by atoms with Crippen molar-refractivity contribution in [2.75, 3.05) is 6.61 Å². The molecule has 0 radical (unpaired) electrons.